The molecule has 0 spiro atoms. The van der Waals surface area contributed by atoms with Gasteiger partial charge in [-0.1, -0.05) is 12.1 Å². The van der Waals surface area contributed by atoms with Gasteiger partial charge in [-0.25, -0.2) is 19.5 Å². The number of hydrogen-bond donors (Lipinski definition) is 0. The number of allylic oxidation sites excluding steroid dienone is 3. The van der Waals surface area contributed by atoms with Crippen LogP contribution in [0.1, 0.15) is 35.7 Å². The Morgan fingerprint density at radius 1 is 1.19 bits per heavy atom. The summed E-state index contributed by atoms with van der Waals surface area (Å²) in [6, 6.07) is 9.11. The van der Waals surface area contributed by atoms with E-state index in [0.29, 0.717) is 35.9 Å². The lowest BCUT2D eigenvalue weighted by Gasteiger charge is -2.57. The van der Waals surface area contributed by atoms with Crippen LogP contribution in [-0.2, 0) is 20.2 Å². The van der Waals surface area contributed by atoms with Gasteiger partial charge in [0.15, 0.2) is 0 Å². The Hall–Kier alpha value is -4.95. The first-order valence-corrected chi connectivity index (χ1v) is 13.8. The minimum atomic E-state index is 0.328. The number of aliphatic imine (C=N–C) groups is 1. The number of ether oxygens (including phenoxy) is 2. The molecule has 0 aromatic carbocycles. The molecule has 2 unspecified atom stereocenters. The van der Waals surface area contributed by atoms with Crippen molar-refractivity contribution in [1.82, 2.24) is 33.9 Å². The first-order valence-electron chi connectivity index (χ1n) is 13.8. The van der Waals surface area contributed by atoms with Crippen molar-refractivity contribution in [1.29, 1.82) is 5.26 Å². The Balaban J connectivity index is 1.19. The minimum absolute atomic E-state index is 0.328. The van der Waals surface area contributed by atoms with Gasteiger partial charge in [-0.2, -0.15) is 10.4 Å². The van der Waals surface area contributed by atoms with E-state index in [4.69, 9.17) is 9.47 Å². The Bertz CT molecular complexity index is 1700. The first-order chi connectivity index (χ1) is 20.4. The van der Waals surface area contributed by atoms with Gasteiger partial charge in [-0.15, -0.1) is 0 Å². The maximum absolute atomic E-state index is 9.73. The van der Waals surface area contributed by atoms with Gasteiger partial charge in [0.1, 0.15) is 24.2 Å². The van der Waals surface area contributed by atoms with Crippen molar-refractivity contribution < 1.29 is 9.47 Å². The van der Waals surface area contributed by atoms with Gasteiger partial charge < -0.3 is 18.9 Å². The normalized spacial score (nSPS) is 19.0. The van der Waals surface area contributed by atoms with E-state index in [2.05, 4.69) is 48.7 Å². The minimum Gasteiger partial charge on any atom is -0.486 e. The summed E-state index contributed by atoms with van der Waals surface area (Å²) in [7, 11) is 3.55. The number of hydrogen-bond acceptors (Lipinski definition) is 9. The third kappa shape index (κ3) is 5.36. The Morgan fingerprint density at radius 3 is 2.69 bits per heavy atom. The number of imidazole rings is 1. The summed E-state index contributed by atoms with van der Waals surface area (Å²) in [6.07, 6.45) is 14.1. The van der Waals surface area contributed by atoms with Gasteiger partial charge >= 0.3 is 0 Å². The summed E-state index contributed by atoms with van der Waals surface area (Å²) >= 11 is 0. The Labute approximate surface area is 244 Å². The van der Waals surface area contributed by atoms with E-state index in [-0.39, 0.29) is 0 Å². The number of nitrogens with zero attached hydrogens (tertiary/aromatic N) is 9. The number of rotatable bonds is 10. The molecular formula is C31H33N9O2. The van der Waals surface area contributed by atoms with Crippen LogP contribution >= 0.6 is 0 Å². The first kappa shape index (κ1) is 27.2. The lowest BCUT2D eigenvalue weighted by atomic mass is 9.87. The quantitative estimate of drug-likeness (QED) is 0.212. The molecule has 11 nitrogen and oxygen atoms in total. The molecule has 2 atom stereocenters. The van der Waals surface area contributed by atoms with Gasteiger partial charge in [0.05, 0.1) is 42.6 Å². The van der Waals surface area contributed by atoms with E-state index < -0.39 is 0 Å². The average molecular weight is 564 g/mol. The molecule has 4 aromatic rings. The zero-order valence-corrected chi connectivity index (χ0v) is 24.0. The van der Waals surface area contributed by atoms with Gasteiger partial charge in [0.25, 0.3) is 0 Å². The molecular weight excluding hydrogens is 530 g/mol. The van der Waals surface area contributed by atoms with Gasteiger partial charge in [0, 0.05) is 62.8 Å². The maximum Gasteiger partial charge on any atom is 0.212 e. The van der Waals surface area contributed by atoms with Crippen molar-refractivity contribution in [2.75, 3.05) is 20.2 Å². The third-order valence-corrected chi connectivity index (χ3v) is 7.96. The zero-order valence-electron chi connectivity index (χ0n) is 24.0. The molecule has 0 N–H and O–H groups in total. The molecule has 42 heavy (non-hydrogen) atoms. The fourth-order valence-electron chi connectivity index (χ4n) is 5.77. The van der Waals surface area contributed by atoms with Gasteiger partial charge in [-0.3, -0.25) is 4.90 Å². The monoisotopic (exact) mass is 563 g/mol. The highest BCUT2D eigenvalue weighted by molar-refractivity contribution is 5.82. The number of aryl methyl sites for hydroxylation is 1. The van der Waals surface area contributed by atoms with Crippen LogP contribution in [-0.4, -0.2) is 72.9 Å². The highest BCUT2D eigenvalue weighted by Gasteiger charge is 2.44. The van der Waals surface area contributed by atoms with Gasteiger partial charge in [0.2, 0.25) is 5.88 Å². The summed E-state index contributed by atoms with van der Waals surface area (Å²) in [4.78, 5) is 17.9. The van der Waals surface area contributed by atoms with Crippen LogP contribution in [0.2, 0.25) is 0 Å². The van der Waals surface area contributed by atoms with Crippen molar-refractivity contribution in [2.24, 2.45) is 12.0 Å². The van der Waals surface area contributed by atoms with E-state index in [9.17, 15) is 5.26 Å². The lowest BCUT2D eigenvalue weighted by Crippen LogP contribution is -2.67. The van der Waals surface area contributed by atoms with Gasteiger partial charge in [-0.05, 0) is 43.3 Å². The highest BCUT2D eigenvalue weighted by Crippen LogP contribution is 2.36. The fraction of sp³-hybridized carbons (Fsp3) is 0.323. The molecule has 7 heterocycles. The second kappa shape index (κ2) is 11.5. The number of piperidine rings is 1. The summed E-state index contributed by atoms with van der Waals surface area (Å²) in [5, 5.41) is 14.1. The molecule has 0 radical (unpaired) electrons. The van der Waals surface area contributed by atoms with Crippen molar-refractivity contribution in [2.45, 2.75) is 38.6 Å². The van der Waals surface area contributed by atoms with E-state index in [1.165, 1.54) is 12.0 Å². The van der Waals surface area contributed by atoms with Crippen LogP contribution < -0.4 is 9.47 Å². The second-order valence-electron chi connectivity index (χ2n) is 10.7. The molecule has 2 bridgehead atoms. The predicted octanol–water partition coefficient (Wildman–Crippen LogP) is 3.83. The van der Waals surface area contributed by atoms with E-state index in [1.807, 2.05) is 55.2 Å². The van der Waals surface area contributed by atoms with Crippen molar-refractivity contribution in [3.8, 4) is 17.7 Å². The molecule has 3 saturated heterocycles. The Kier molecular flexibility index (Phi) is 7.46. The second-order valence-corrected chi connectivity index (χ2v) is 10.7. The molecule has 0 aliphatic carbocycles. The molecule has 0 saturated carbocycles. The van der Waals surface area contributed by atoms with E-state index >= 15 is 0 Å². The van der Waals surface area contributed by atoms with Crippen LogP contribution in [0, 0.1) is 11.3 Å². The maximum atomic E-state index is 9.73. The fourth-order valence-corrected chi connectivity index (χ4v) is 5.77. The van der Waals surface area contributed by atoms with E-state index in [1.54, 1.807) is 30.3 Å². The molecule has 214 valence electrons. The lowest BCUT2D eigenvalue weighted by molar-refractivity contribution is -0.0645. The summed E-state index contributed by atoms with van der Waals surface area (Å²) in [6.45, 7) is 8.86. The topological polar surface area (TPSA) is 109 Å². The predicted molar refractivity (Wildman–Crippen MR) is 159 cm³/mol. The largest absolute Gasteiger partial charge is 0.486 e. The van der Waals surface area contributed by atoms with Crippen molar-refractivity contribution in [3.05, 3.63) is 89.7 Å². The molecule has 3 aliphatic heterocycles. The standard InChI is InChI=1S/C31H33N9O2/c1-21(28-10-27(42-19-24-15-37(3)20-35-24)18-40-31(28)23(11-32)13-36-40)5-7-29(33-2)38-16-25-9-26(17-38)39(25)14-22-6-8-30(41-4)34-12-22/h5-8,10,12-13,15,18,20,25-26H,2,9,14,16-17,19H2,1,3-4H3/b21-5+,29-7+. The molecule has 4 aromatic heterocycles. The molecule has 7 rings (SSSR count). The van der Waals surface area contributed by atoms with Crippen molar-refractivity contribution >= 4 is 17.8 Å². The molecule has 3 aliphatic rings. The zero-order chi connectivity index (χ0) is 29.2. The SMILES string of the molecule is C=N/C(=C\C=C(/C)c1cc(OCc2cn(C)cn2)cn2ncc(C#N)c12)N1CC2CC(C1)N2Cc1ccc(OC)nc1. The number of nitriles is 1. The smallest absolute Gasteiger partial charge is 0.212 e. The number of pyridine rings is 2. The van der Waals surface area contributed by atoms with Crippen LogP contribution in [0.5, 0.6) is 11.6 Å². The van der Waals surface area contributed by atoms with Crippen LogP contribution in [0.4, 0.5) is 0 Å². The highest BCUT2D eigenvalue weighted by atomic mass is 16.5. The third-order valence-electron chi connectivity index (χ3n) is 7.96. The van der Waals surface area contributed by atoms with Crippen molar-refractivity contribution in [3.63, 3.8) is 0 Å². The summed E-state index contributed by atoms with van der Waals surface area (Å²) < 4.78 is 14.8. The number of piperazine rings is 1. The number of methoxy groups -OCH3 is 1. The average Bonchev–Trinajstić information content (AvgIpc) is 3.64. The molecule has 0 amide bonds. The molecule has 11 heteroatoms. The summed E-state index contributed by atoms with van der Waals surface area (Å²) in [5.74, 6) is 2.10. The summed E-state index contributed by atoms with van der Waals surface area (Å²) in [5.41, 5.74) is 5.07. The number of aromatic nitrogens is 5. The van der Waals surface area contributed by atoms with Crippen LogP contribution in [0.25, 0.3) is 11.1 Å². The van der Waals surface area contributed by atoms with Crippen LogP contribution in [0.3, 0.4) is 0 Å². The van der Waals surface area contributed by atoms with Crippen LogP contribution in [0.15, 0.2) is 72.3 Å². The van der Waals surface area contributed by atoms with E-state index in [0.717, 1.165) is 47.8 Å². The molecule has 3 fully saturated rings. The Morgan fingerprint density at radius 2 is 2.02 bits per heavy atom. The number of fused-ring (bicyclic) bond motifs is 3.